The first-order valence-corrected chi connectivity index (χ1v) is 13.2. The highest BCUT2D eigenvalue weighted by atomic mass is 32.1. The van der Waals surface area contributed by atoms with Crippen molar-refractivity contribution in [2.24, 2.45) is 5.92 Å². The normalized spacial score (nSPS) is 14.0. The minimum absolute atomic E-state index is 0.0150. The highest BCUT2D eigenvalue weighted by Crippen LogP contribution is 2.35. The van der Waals surface area contributed by atoms with Gasteiger partial charge in [-0.2, -0.15) is 5.10 Å². The van der Waals surface area contributed by atoms with Gasteiger partial charge in [-0.25, -0.2) is 14.4 Å². The van der Waals surface area contributed by atoms with E-state index < -0.39 is 5.82 Å². The Bertz CT molecular complexity index is 1800. The molecule has 1 amide bonds. The maximum atomic E-state index is 16.1. The van der Waals surface area contributed by atoms with Gasteiger partial charge in [-0.3, -0.25) is 19.9 Å². The van der Waals surface area contributed by atoms with Crippen LogP contribution < -0.4 is 5.32 Å². The SMILES string of the molecule is O=C(Nc1cncc(-c2cnc3[nH]nc(-c4nc5c(-c6cccs6)nccc5[nH]4)c3c2F)c1)C1CCCC1. The van der Waals surface area contributed by atoms with Crippen molar-refractivity contribution in [1.82, 2.24) is 35.1 Å². The zero-order valence-electron chi connectivity index (χ0n) is 20.0. The van der Waals surface area contributed by atoms with Gasteiger partial charge in [0, 0.05) is 35.6 Å². The summed E-state index contributed by atoms with van der Waals surface area (Å²) in [5.74, 6) is -0.0994. The van der Waals surface area contributed by atoms with E-state index in [1.165, 1.54) is 6.20 Å². The first kappa shape index (κ1) is 22.7. The van der Waals surface area contributed by atoms with Crippen molar-refractivity contribution < 1.29 is 9.18 Å². The molecule has 0 unspecified atom stereocenters. The molecule has 0 bridgehead atoms. The number of aromatic nitrogens is 7. The molecule has 9 nitrogen and oxygen atoms in total. The van der Waals surface area contributed by atoms with Crippen molar-refractivity contribution in [3.63, 3.8) is 0 Å². The van der Waals surface area contributed by atoms with Gasteiger partial charge in [0.25, 0.3) is 0 Å². The Morgan fingerprint density at radius 2 is 2.00 bits per heavy atom. The number of pyridine rings is 3. The number of nitrogens with zero attached hydrogens (tertiary/aromatic N) is 5. The third-order valence-electron chi connectivity index (χ3n) is 6.95. The average molecular weight is 525 g/mol. The van der Waals surface area contributed by atoms with Crippen LogP contribution in [0.5, 0.6) is 0 Å². The molecule has 6 heterocycles. The van der Waals surface area contributed by atoms with Crippen LogP contribution in [0.1, 0.15) is 25.7 Å². The van der Waals surface area contributed by atoms with Gasteiger partial charge in [0.2, 0.25) is 5.91 Å². The fourth-order valence-electron chi connectivity index (χ4n) is 5.06. The molecule has 7 rings (SSSR count). The van der Waals surface area contributed by atoms with Gasteiger partial charge < -0.3 is 10.3 Å². The highest BCUT2D eigenvalue weighted by molar-refractivity contribution is 7.13. The van der Waals surface area contributed by atoms with Crippen molar-refractivity contribution in [2.45, 2.75) is 25.7 Å². The van der Waals surface area contributed by atoms with Crippen LogP contribution in [0.15, 0.2) is 54.4 Å². The third kappa shape index (κ3) is 3.82. The smallest absolute Gasteiger partial charge is 0.227 e. The topological polar surface area (TPSA) is 125 Å². The van der Waals surface area contributed by atoms with Crippen molar-refractivity contribution in [1.29, 1.82) is 0 Å². The van der Waals surface area contributed by atoms with Crippen molar-refractivity contribution in [3.8, 4) is 33.2 Å². The standard InChI is InChI=1S/C27H21FN8OS/c28-21-17(15-10-16(12-29-11-15)32-27(37)14-4-1-2-5-14)13-31-25-20(21)24(35-36-25)26-33-18-7-8-30-23(22(18)34-26)19-6-3-9-38-19/h3,6-14H,1-2,4-5H2,(H,32,37)(H,33,34)(H,31,35,36). The Balaban J connectivity index is 1.28. The minimum atomic E-state index is -0.503. The van der Waals surface area contributed by atoms with Crippen LogP contribution in [-0.2, 0) is 4.79 Å². The summed E-state index contributed by atoms with van der Waals surface area (Å²) < 4.78 is 16.1. The number of carbonyl (C=O) groups is 1. The predicted octanol–water partition coefficient (Wildman–Crippen LogP) is 5.95. The van der Waals surface area contributed by atoms with Gasteiger partial charge in [-0.15, -0.1) is 11.3 Å². The van der Waals surface area contributed by atoms with Crippen molar-refractivity contribution in [3.05, 3.63) is 60.3 Å². The van der Waals surface area contributed by atoms with Crippen molar-refractivity contribution in [2.75, 3.05) is 5.32 Å². The van der Waals surface area contributed by atoms with E-state index in [1.807, 2.05) is 23.6 Å². The number of imidazole rings is 1. The molecule has 0 aromatic carbocycles. The molecule has 1 saturated carbocycles. The number of thiophene rings is 1. The van der Waals surface area contributed by atoms with Crippen LogP contribution in [0.25, 0.3) is 55.3 Å². The lowest BCUT2D eigenvalue weighted by atomic mass is 10.1. The van der Waals surface area contributed by atoms with Gasteiger partial charge in [-0.1, -0.05) is 18.9 Å². The number of rotatable bonds is 5. The van der Waals surface area contributed by atoms with Crippen LogP contribution in [0, 0.1) is 11.7 Å². The molecule has 3 N–H and O–H groups in total. The van der Waals surface area contributed by atoms with Gasteiger partial charge >= 0.3 is 0 Å². The molecule has 0 atom stereocenters. The number of aromatic amines is 2. The van der Waals surface area contributed by atoms with Crippen LogP contribution >= 0.6 is 11.3 Å². The van der Waals surface area contributed by atoms with E-state index in [0.717, 1.165) is 41.8 Å². The lowest BCUT2D eigenvalue weighted by Gasteiger charge is -2.11. The van der Waals surface area contributed by atoms with Crippen LogP contribution in [-0.4, -0.2) is 41.0 Å². The van der Waals surface area contributed by atoms with Crippen LogP contribution in [0.4, 0.5) is 10.1 Å². The molecule has 0 saturated heterocycles. The lowest BCUT2D eigenvalue weighted by molar-refractivity contribution is -0.119. The van der Waals surface area contributed by atoms with E-state index in [0.29, 0.717) is 33.9 Å². The maximum Gasteiger partial charge on any atom is 0.227 e. The number of anilines is 1. The Morgan fingerprint density at radius 3 is 2.84 bits per heavy atom. The zero-order chi connectivity index (χ0) is 25.6. The first-order chi connectivity index (χ1) is 18.7. The van der Waals surface area contributed by atoms with Gasteiger partial charge in [0.1, 0.15) is 22.7 Å². The number of nitrogens with one attached hydrogen (secondary N) is 3. The van der Waals surface area contributed by atoms with E-state index in [9.17, 15) is 4.79 Å². The summed E-state index contributed by atoms with van der Waals surface area (Å²) in [7, 11) is 0. The number of hydrogen-bond acceptors (Lipinski definition) is 7. The predicted molar refractivity (Wildman–Crippen MR) is 144 cm³/mol. The van der Waals surface area contributed by atoms with E-state index >= 15 is 4.39 Å². The van der Waals surface area contributed by atoms with Gasteiger partial charge in [-0.05, 0) is 36.4 Å². The molecule has 1 aliphatic rings. The Morgan fingerprint density at radius 1 is 1.11 bits per heavy atom. The largest absolute Gasteiger partial charge is 0.336 e. The Hall–Kier alpha value is -4.51. The van der Waals surface area contributed by atoms with E-state index in [2.05, 4.69) is 35.5 Å². The minimum Gasteiger partial charge on any atom is -0.336 e. The zero-order valence-corrected chi connectivity index (χ0v) is 20.8. The molecule has 1 aliphatic carbocycles. The molecule has 0 aliphatic heterocycles. The Labute approximate surface area is 219 Å². The van der Waals surface area contributed by atoms with Crippen LogP contribution in [0.2, 0.25) is 0 Å². The molecular formula is C27H21FN8OS. The molecule has 11 heteroatoms. The second-order valence-electron chi connectivity index (χ2n) is 9.33. The molecular weight excluding hydrogens is 503 g/mol. The first-order valence-electron chi connectivity index (χ1n) is 12.3. The molecule has 6 aromatic heterocycles. The fourth-order valence-corrected chi connectivity index (χ4v) is 5.78. The number of fused-ring (bicyclic) bond motifs is 2. The maximum absolute atomic E-state index is 16.1. The van der Waals surface area contributed by atoms with E-state index in [1.54, 1.807) is 36.0 Å². The quantitative estimate of drug-likeness (QED) is 0.256. The summed E-state index contributed by atoms with van der Waals surface area (Å²) in [5, 5.41) is 12.3. The molecule has 0 radical (unpaired) electrons. The molecule has 188 valence electrons. The fraction of sp³-hybridized carbons (Fsp3) is 0.185. The molecule has 1 fully saturated rings. The summed E-state index contributed by atoms with van der Waals surface area (Å²) in [4.78, 5) is 34.7. The summed E-state index contributed by atoms with van der Waals surface area (Å²) >= 11 is 1.57. The molecule has 0 spiro atoms. The summed E-state index contributed by atoms with van der Waals surface area (Å²) in [5.41, 5.74) is 4.10. The second-order valence-corrected chi connectivity index (χ2v) is 10.3. The number of amides is 1. The summed E-state index contributed by atoms with van der Waals surface area (Å²) in [6.07, 6.45) is 10.2. The van der Waals surface area contributed by atoms with Crippen molar-refractivity contribution >= 4 is 45.0 Å². The molecule has 38 heavy (non-hydrogen) atoms. The summed E-state index contributed by atoms with van der Waals surface area (Å²) in [6, 6.07) is 7.49. The Kier molecular flexibility index (Phi) is 5.43. The number of carbonyl (C=O) groups excluding carboxylic acids is 1. The number of H-pyrrole nitrogens is 2. The number of hydrogen-bond donors (Lipinski definition) is 3. The lowest BCUT2D eigenvalue weighted by Crippen LogP contribution is -2.20. The van der Waals surface area contributed by atoms with E-state index in [-0.39, 0.29) is 22.8 Å². The monoisotopic (exact) mass is 524 g/mol. The van der Waals surface area contributed by atoms with E-state index in [4.69, 9.17) is 4.98 Å². The average Bonchev–Trinajstić information content (AvgIpc) is 3.74. The number of halogens is 1. The van der Waals surface area contributed by atoms with Gasteiger partial charge in [0.05, 0.1) is 27.7 Å². The third-order valence-corrected chi connectivity index (χ3v) is 7.83. The van der Waals surface area contributed by atoms with Gasteiger partial charge in [0.15, 0.2) is 11.5 Å². The second kappa shape index (κ2) is 9.10. The summed E-state index contributed by atoms with van der Waals surface area (Å²) in [6.45, 7) is 0. The van der Waals surface area contributed by atoms with Crippen LogP contribution in [0.3, 0.4) is 0 Å². The molecule has 6 aromatic rings. The highest BCUT2D eigenvalue weighted by Gasteiger charge is 2.24.